The molecule has 24 rings (SSSR count). The summed E-state index contributed by atoms with van der Waals surface area (Å²) in [7, 11) is 8.00. The summed E-state index contributed by atoms with van der Waals surface area (Å²) >= 11 is 0. The number of aliphatic hydroxyl groups excluding tert-OH is 8. The summed E-state index contributed by atoms with van der Waals surface area (Å²) in [6.07, 6.45) is 43.2. The molecule has 0 radical (unpaired) electrons. The van der Waals surface area contributed by atoms with E-state index in [1.54, 1.807) is 23.1 Å². The molecule has 8 aromatic carbocycles. The van der Waals surface area contributed by atoms with E-state index in [0.717, 1.165) is 205 Å². The fourth-order valence-corrected chi connectivity index (χ4v) is 28.2. The summed E-state index contributed by atoms with van der Waals surface area (Å²) in [6, 6.07) is 87.7. The highest BCUT2D eigenvalue weighted by Crippen LogP contribution is 2.74. The van der Waals surface area contributed by atoms with Crippen molar-refractivity contribution in [3.05, 3.63) is 348 Å². The van der Waals surface area contributed by atoms with Gasteiger partial charge in [0.25, 0.3) is 0 Å². The van der Waals surface area contributed by atoms with E-state index in [9.17, 15) is 4.79 Å². The van der Waals surface area contributed by atoms with Gasteiger partial charge >= 0.3 is 5.97 Å². The molecule has 0 spiro atoms. The highest BCUT2D eigenvalue weighted by atomic mass is 16.5. The highest BCUT2D eigenvalue weighted by Gasteiger charge is 2.66. The molecular weight excluding hydrogens is 1670 g/mol. The summed E-state index contributed by atoms with van der Waals surface area (Å²) in [5.41, 5.74) is 11.5. The number of ether oxygens (including phenoxy) is 1. The van der Waals surface area contributed by atoms with E-state index in [-0.39, 0.29) is 11.4 Å². The highest BCUT2D eigenvalue weighted by molar-refractivity contribution is 5.89. The Balaban J connectivity index is 0.000000331. The van der Waals surface area contributed by atoms with Crippen LogP contribution in [-0.2, 0) is 16.6 Å². The van der Waals surface area contributed by atoms with E-state index in [2.05, 4.69) is 273 Å². The topological polar surface area (TPSA) is 188 Å². The van der Waals surface area contributed by atoms with Crippen LogP contribution in [0, 0.1) is 148 Å². The minimum atomic E-state index is -0.159. The maximum atomic E-state index is 12.1. The molecule has 0 aliphatic heterocycles. The normalized spacial score (nSPS) is 30.1. The van der Waals surface area contributed by atoms with Gasteiger partial charge in [-0.2, -0.15) is 0 Å². The van der Waals surface area contributed by atoms with Gasteiger partial charge in [-0.05, 0) is 294 Å². The first-order chi connectivity index (χ1) is 67.4. The lowest BCUT2D eigenvalue weighted by molar-refractivity contribution is 0.0307. The maximum Gasteiger partial charge on any atom is 0.338 e. The standard InChI is InChI=1S/C24H24.C20H22O2.C20H20.C19H22.C19H18.8C2H6.8CH4O/c1-3-7-15(8-4-1)21-19-14-20(22(21)16-9-5-2-6-10-16)24-18-12-11-17(13-18)23(19)24;21-20(12-4-2-1-3-5-12)22-11-16-9-15-10-17(16)19-14-7-6-13(8-14)18(15)19;1-3-7-16(8-4-1)20(17-9-5-2-6-10-17)19-14-15-11-12-18(19)13-15;1-2-4-12(5-3-1)8-15-10-16-11-17(15)19-14-7-6-13(9-14)18(16)19;1-3-7-16(8-4-1)19(17-9-5-2-6-10-17)14-15-11-12-18(19)13-15;16*1-2/h1-12,17-24H,13-14H2;1-7,13-19H,8-11H2;1-12,15,18-20H,13-14H2;1-7,13-19H,8-11H2;1-12,15,18H,13-14H2;8*1-2H3;8*2H,1H3. The minimum absolute atomic E-state index is 0.159. The molecule has 0 saturated heterocycles. The molecule has 16 aliphatic carbocycles. The molecule has 0 aromatic heterocycles. The van der Waals surface area contributed by atoms with Crippen LogP contribution in [0.3, 0.4) is 0 Å². The first-order valence-corrected chi connectivity index (χ1v) is 53.0. The molecule has 0 amide bonds. The van der Waals surface area contributed by atoms with Gasteiger partial charge in [-0.3, -0.25) is 0 Å². The molecule has 27 unspecified atom stereocenters. The predicted octanol–water partition coefficient (Wildman–Crippen LogP) is 28.6. The second-order valence-corrected chi connectivity index (χ2v) is 35.8. The van der Waals surface area contributed by atoms with Gasteiger partial charge in [-0.1, -0.05) is 402 Å². The van der Waals surface area contributed by atoms with Crippen molar-refractivity contribution in [2.75, 3.05) is 63.5 Å². The number of carbonyl (C=O) groups is 1. The van der Waals surface area contributed by atoms with Gasteiger partial charge in [0.15, 0.2) is 0 Å². The number of carbonyl (C=O) groups excluding carboxylic acids is 1. The van der Waals surface area contributed by atoms with E-state index >= 15 is 0 Å². The summed E-state index contributed by atoms with van der Waals surface area (Å²) in [5.74, 6) is 24.3. The Bertz CT molecular complexity index is 4320. The van der Waals surface area contributed by atoms with Gasteiger partial charge in [-0.25, -0.2) is 4.79 Å². The third kappa shape index (κ3) is 27.9. The zero-order valence-corrected chi connectivity index (χ0v) is 88.3. The average Bonchev–Trinajstić information content (AvgIpc) is 1.27. The molecule has 16 aliphatic rings. The molecule has 16 bridgehead atoms. The van der Waals surface area contributed by atoms with Gasteiger partial charge in [-0.15, -0.1) is 0 Å². The van der Waals surface area contributed by atoms with Crippen LogP contribution >= 0.6 is 0 Å². The van der Waals surface area contributed by atoms with Crippen LogP contribution in [0.15, 0.2) is 303 Å². The van der Waals surface area contributed by atoms with E-state index in [1.807, 2.05) is 141 Å². The molecule has 136 heavy (non-hydrogen) atoms. The Morgan fingerprint density at radius 1 is 0.294 bits per heavy atom. The zero-order chi connectivity index (χ0) is 101. The summed E-state index contributed by atoms with van der Waals surface area (Å²) in [4.78, 5) is 12.1. The first kappa shape index (κ1) is 120. The van der Waals surface area contributed by atoms with Crippen molar-refractivity contribution < 1.29 is 50.4 Å². The molecule has 8 N–H and O–H groups in total. The molecule has 11 saturated carbocycles. The number of esters is 1. The molecule has 8 aromatic rings. The first-order valence-electron chi connectivity index (χ1n) is 53.0. The largest absolute Gasteiger partial charge is 0.462 e. The van der Waals surface area contributed by atoms with E-state index < -0.39 is 0 Å². The molecule has 27 atom stereocenters. The van der Waals surface area contributed by atoms with Crippen molar-refractivity contribution in [1.82, 2.24) is 0 Å². The number of hydrogen-bond acceptors (Lipinski definition) is 10. The maximum absolute atomic E-state index is 12.1. The molecule has 0 heterocycles. The Kier molecular flexibility index (Phi) is 58.4. The molecule has 11 fully saturated rings. The zero-order valence-electron chi connectivity index (χ0n) is 88.3. The average molecular weight is 1860 g/mol. The van der Waals surface area contributed by atoms with Crippen molar-refractivity contribution in [3.8, 4) is 0 Å². The van der Waals surface area contributed by atoms with Crippen molar-refractivity contribution in [3.63, 3.8) is 0 Å². The van der Waals surface area contributed by atoms with Crippen molar-refractivity contribution >= 4 is 5.97 Å². The number of benzene rings is 8. The van der Waals surface area contributed by atoms with Crippen LogP contribution in [0.2, 0.25) is 0 Å². The number of rotatable bonds is 12. The van der Waals surface area contributed by atoms with Crippen molar-refractivity contribution in [2.45, 2.75) is 217 Å². The number of fused-ring (bicyclic) bond motifs is 31. The third-order valence-corrected chi connectivity index (χ3v) is 31.4. The molecule has 750 valence electrons. The SMILES string of the molecule is C1=CC2CC1C1C3CC(C(c4ccccc4)C3c3ccccc3)C21.C1=CC2CC1C1C3CC(Cc4ccccc4)C(C3)C21.C1=CC2CC1CC2(c1ccccc1)c1ccccc1.C1=CC2CC1CC2C(c1ccccc1)c1ccccc1.CC.CC.CC.CC.CC.CC.CC.CC.CO.CO.CO.CO.CO.CO.CO.CO.O=C(OCC1CC2CC1C1C3C=CC(C3)C21)c1ccccc1. The third-order valence-electron chi connectivity index (χ3n) is 31.4. The molecular formula is C126H186O10. The Labute approximate surface area is 828 Å². The lowest BCUT2D eigenvalue weighted by Crippen LogP contribution is -2.34. The number of allylic oxidation sites excluding steroid dienone is 10. The monoisotopic (exact) mass is 1860 g/mol. The second-order valence-electron chi connectivity index (χ2n) is 35.8. The van der Waals surface area contributed by atoms with Crippen molar-refractivity contribution in [2.24, 2.45) is 148 Å². The van der Waals surface area contributed by atoms with E-state index in [4.69, 9.17) is 45.6 Å². The van der Waals surface area contributed by atoms with Crippen LogP contribution in [0.1, 0.15) is 255 Å². The summed E-state index contributed by atoms with van der Waals surface area (Å²) < 4.78 is 5.64. The fraction of sp³-hybridized carbons (Fsp3) is 0.532. The van der Waals surface area contributed by atoms with Crippen molar-refractivity contribution in [1.29, 1.82) is 0 Å². The van der Waals surface area contributed by atoms with Crippen LogP contribution in [0.25, 0.3) is 0 Å². The summed E-state index contributed by atoms with van der Waals surface area (Å²) in [5, 5.41) is 56.0. The quantitative estimate of drug-likeness (QED) is 0.0332. The second kappa shape index (κ2) is 66.3. The lowest BCUT2D eigenvalue weighted by atomic mass is 9.61. The molecule has 10 heteroatoms. The van der Waals surface area contributed by atoms with Gasteiger partial charge < -0.3 is 45.6 Å². The van der Waals surface area contributed by atoms with Crippen LogP contribution in [-0.4, -0.2) is 110 Å². The van der Waals surface area contributed by atoms with Crippen LogP contribution in [0.5, 0.6) is 0 Å². The minimum Gasteiger partial charge on any atom is -0.462 e. The number of aliphatic hydroxyl groups is 8. The van der Waals surface area contributed by atoms with E-state index in [0.29, 0.717) is 29.9 Å². The van der Waals surface area contributed by atoms with E-state index in [1.165, 1.54) is 99.3 Å². The van der Waals surface area contributed by atoms with Gasteiger partial charge in [0.05, 0.1) is 12.2 Å². The Hall–Kier alpha value is -8.39. The fourth-order valence-electron chi connectivity index (χ4n) is 28.2. The number of hydrogen-bond donors (Lipinski definition) is 8. The van der Waals surface area contributed by atoms with Gasteiger partial charge in [0, 0.05) is 68.2 Å². The smallest absolute Gasteiger partial charge is 0.338 e. The van der Waals surface area contributed by atoms with Crippen LogP contribution < -0.4 is 0 Å². The van der Waals surface area contributed by atoms with Gasteiger partial charge in [0.2, 0.25) is 0 Å². The van der Waals surface area contributed by atoms with Gasteiger partial charge in [0.1, 0.15) is 0 Å². The lowest BCUT2D eigenvalue weighted by Gasteiger charge is -2.42. The molecule has 10 nitrogen and oxygen atoms in total. The van der Waals surface area contributed by atoms with Crippen LogP contribution in [0.4, 0.5) is 0 Å². The predicted molar refractivity (Wildman–Crippen MR) is 578 cm³/mol. The summed E-state index contributed by atoms with van der Waals surface area (Å²) in [6.45, 7) is 32.6. The Morgan fingerprint density at radius 3 is 0.956 bits per heavy atom. The Morgan fingerprint density at radius 2 is 0.610 bits per heavy atom.